The van der Waals surface area contributed by atoms with Crippen LogP contribution < -0.4 is 10.3 Å². The smallest absolute Gasteiger partial charge is 0.278 e. The summed E-state index contributed by atoms with van der Waals surface area (Å²) < 4.78 is 5.13. The summed E-state index contributed by atoms with van der Waals surface area (Å²) in [5, 5.41) is 8.66. The fourth-order valence-corrected chi connectivity index (χ4v) is 2.80. The van der Waals surface area contributed by atoms with Crippen LogP contribution in [0.25, 0.3) is 11.3 Å². The first-order chi connectivity index (χ1) is 11.3. The van der Waals surface area contributed by atoms with E-state index < -0.39 is 0 Å². The first-order valence-corrected chi connectivity index (χ1v) is 8.03. The molecule has 0 fully saturated rings. The van der Waals surface area contributed by atoms with Crippen LogP contribution in [0.3, 0.4) is 0 Å². The second kappa shape index (κ2) is 7.11. The van der Waals surface area contributed by atoms with Gasteiger partial charge in [0.05, 0.1) is 7.11 Å². The fourth-order valence-electron chi connectivity index (χ4n) is 2.05. The SMILES string of the molecule is COc1ccc(CSc2nnc(-c3ccccc3)c(=O)[nH]2)cc1. The monoisotopic (exact) mass is 325 g/mol. The van der Waals surface area contributed by atoms with Gasteiger partial charge in [0.2, 0.25) is 0 Å². The lowest BCUT2D eigenvalue weighted by atomic mass is 10.2. The molecule has 0 aliphatic carbocycles. The highest BCUT2D eigenvalue weighted by Crippen LogP contribution is 2.20. The van der Waals surface area contributed by atoms with Crippen LogP contribution in [0.1, 0.15) is 5.56 Å². The Morgan fingerprint density at radius 2 is 1.78 bits per heavy atom. The van der Waals surface area contributed by atoms with Crippen molar-refractivity contribution in [1.82, 2.24) is 15.2 Å². The molecule has 5 nitrogen and oxygen atoms in total. The largest absolute Gasteiger partial charge is 0.497 e. The van der Waals surface area contributed by atoms with E-state index in [0.717, 1.165) is 16.9 Å². The quantitative estimate of drug-likeness (QED) is 0.730. The highest BCUT2D eigenvalue weighted by atomic mass is 32.2. The van der Waals surface area contributed by atoms with Gasteiger partial charge >= 0.3 is 0 Å². The molecule has 116 valence electrons. The molecule has 0 amide bonds. The topological polar surface area (TPSA) is 67.9 Å². The summed E-state index contributed by atoms with van der Waals surface area (Å²) in [5.74, 6) is 1.51. The van der Waals surface area contributed by atoms with Gasteiger partial charge in [0, 0.05) is 11.3 Å². The molecular formula is C17H15N3O2S. The summed E-state index contributed by atoms with van der Waals surface area (Å²) in [4.78, 5) is 14.9. The molecule has 1 aromatic heterocycles. The molecule has 0 radical (unpaired) electrons. The van der Waals surface area contributed by atoms with Gasteiger partial charge in [0.1, 0.15) is 5.75 Å². The Morgan fingerprint density at radius 1 is 1.04 bits per heavy atom. The van der Waals surface area contributed by atoms with E-state index in [9.17, 15) is 4.79 Å². The summed E-state index contributed by atoms with van der Waals surface area (Å²) in [5.41, 5.74) is 1.97. The molecule has 0 aliphatic heterocycles. The Kier molecular flexibility index (Phi) is 4.73. The first-order valence-electron chi connectivity index (χ1n) is 7.04. The Balaban J connectivity index is 1.72. The highest BCUT2D eigenvalue weighted by molar-refractivity contribution is 7.98. The van der Waals surface area contributed by atoms with Crippen LogP contribution >= 0.6 is 11.8 Å². The molecular weight excluding hydrogens is 310 g/mol. The van der Waals surface area contributed by atoms with Gasteiger partial charge in [0.25, 0.3) is 5.56 Å². The molecule has 3 rings (SSSR count). The van der Waals surface area contributed by atoms with Gasteiger partial charge in [-0.1, -0.05) is 54.2 Å². The lowest BCUT2D eigenvalue weighted by molar-refractivity contribution is 0.414. The van der Waals surface area contributed by atoms with Crippen LogP contribution in [-0.4, -0.2) is 22.3 Å². The van der Waals surface area contributed by atoms with Crippen LogP contribution in [0.5, 0.6) is 5.75 Å². The maximum atomic E-state index is 12.1. The van der Waals surface area contributed by atoms with Crippen molar-refractivity contribution < 1.29 is 4.74 Å². The molecule has 2 aromatic carbocycles. The van der Waals surface area contributed by atoms with E-state index in [-0.39, 0.29) is 5.56 Å². The molecule has 3 aromatic rings. The van der Waals surface area contributed by atoms with Crippen molar-refractivity contribution in [3.05, 3.63) is 70.5 Å². The van der Waals surface area contributed by atoms with Crippen LogP contribution in [0.4, 0.5) is 0 Å². The average Bonchev–Trinajstić information content (AvgIpc) is 2.61. The molecule has 0 aliphatic rings. The Hall–Kier alpha value is -2.60. The maximum absolute atomic E-state index is 12.1. The standard InChI is InChI=1S/C17H15N3O2S/c1-22-14-9-7-12(8-10-14)11-23-17-18-16(21)15(19-20-17)13-5-3-2-4-6-13/h2-10H,11H2,1H3,(H,18,20,21). The summed E-state index contributed by atoms with van der Waals surface area (Å²) >= 11 is 1.44. The zero-order valence-electron chi connectivity index (χ0n) is 12.5. The van der Waals surface area contributed by atoms with Crippen molar-refractivity contribution in [2.45, 2.75) is 10.9 Å². The van der Waals surface area contributed by atoms with Crippen molar-refractivity contribution >= 4 is 11.8 Å². The number of aromatic amines is 1. The van der Waals surface area contributed by atoms with E-state index in [4.69, 9.17) is 4.74 Å². The van der Waals surface area contributed by atoms with E-state index in [1.54, 1.807) is 7.11 Å². The van der Waals surface area contributed by atoms with Crippen molar-refractivity contribution in [2.75, 3.05) is 7.11 Å². The van der Waals surface area contributed by atoms with Crippen molar-refractivity contribution in [3.8, 4) is 17.0 Å². The molecule has 1 N–H and O–H groups in total. The summed E-state index contributed by atoms with van der Waals surface area (Å²) in [6, 6.07) is 17.1. The number of nitrogens with zero attached hydrogens (tertiary/aromatic N) is 2. The molecule has 23 heavy (non-hydrogen) atoms. The summed E-state index contributed by atoms with van der Waals surface area (Å²) in [7, 11) is 1.64. The lowest BCUT2D eigenvalue weighted by Gasteiger charge is -2.04. The number of H-pyrrole nitrogens is 1. The zero-order chi connectivity index (χ0) is 16.1. The maximum Gasteiger partial charge on any atom is 0.278 e. The Bertz CT molecular complexity index is 832. The minimum atomic E-state index is -0.233. The number of hydrogen-bond acceptors (Lipinski definition) is 5. The van der Waals surface area contributed by atoms with Crippen molar-refractivity contribution in [3.63, 3.8) is 0 Å². The third-order valence-electron chi connectivity index (χ3n) is 3.26. The third-order valence-corrected chi connectivity index (χ3v) is 4.19. The van der Waals surface area contributed by atoms with Crippen LogP contribution in [-0.2, 0) is 5.75 Å². The van der Waals surface area contributed by atoms with Gasteiger partial charge in [-0.2, -0.15) is 0 Å². The second-order valence-electron chi connectivity index (χ2n) is 4.81. The minimum Gasteiger partial charge on any atom is -0.497 e. The lowest BCUT2D eigenvalue weighted by Crippen LogP contribution is -2.14. The highest BCUT2D eigenvalue weighted by Gasteiger charge is 2.07. The predicted molar refractivity (Wildman–Crippen MR) is 90.6 cm³/mol. The second-order valence-corrected chi connectivity index (χ2v) is 5.77. The van der Waals surface area contributed by atoms with Crippen LogP contribution in [0.2, 0.25) is 0 Å². The number of hydrogen-bond donors (Lipinski definition) is 1. The van der Waals surface area contributed by atoms with Gasteiger partial charge in [-0.25, -0.2) is 0 Å². The number of thioether (sulfide) groups is 1. The van der Waals surface area contributed by atoms with Crippen LogP contribution in [0, 0.1) is 0 Å². The number of benzene rings is 2. The molecule has 0 unspecified atom stereocenters. The Labute approximate surface area is 137 Å². The van der Waals surface area contributed by atoms with Gasteiger partial charge in [0.15, 0.2) is 10.9 Å². The molecule has 0 spiro atoms. The number of nitrogens with one attached hydrogen (secondary N) is 1. The van der Waals surface area contributed by atoms with E-state index in [2.05, 4.69) is 15.2 Å². The number of aromatic nitrogens is 3. The molecule has 1 heterocycles. The first kappa shape index (κ1) is 15.3. The Morgan fingerprint density at radius 3 is 2.43 bits per heavy atom. The predicted octanol–water partition coefficient (Wildman–Crippen LogP) is 3.13. The fraction of sp³-hybridized carbons (Fsp3) is 0.118. The molecule has 0 bridgehead atoms. The van der Waals surface area contributed by atoms with E-state index in [1.807, 2.05) is 54.6 Å². The normalized spacial score (nSPS) is 10.5. The van der Waals surface area contributed by atoms with Gasteiger partial charge in [-0.3, -0.25) is 9.78 Å². The zero-order valence-corrected chi connectivity index (χ0v) is 13.3. The summed E-state index contributed by atoms with van der Waals surface area (Å²) in [6.45, 7) is 0. The average molecular weight is 325 g/mol. The van der Waals surface area contributed by atoms with Gasteiger partial charge < -0.3 is 4.74 Å². The van der Waals surface area contributed by atoms with E-state index in [0.29, 0.717) is 16.6 Å². The van der Waals surface area contributed by atoms with Crippen LogP contribution in [0.15, 0.2) is 64.5 Å². The van der Waals surface area contributed by atoms with E-state index >= 15 is 0 Å². The number of ether oxygens (including phenoxy) is 1. The third kappa shape index (κ3) is 3.78. The minimum absolute atomic E-state index is 0.233. The number of rotatable bonds is 5. The molecule has 0 saturated heterocycles. The summed E-state index contributed by atoms with van der Waals surface area (Å²) in [6.07, 6.45) is 0. The number of methoxy groups -OCH3 is 1. The van der Waals surface area contributed by atoms with Crippen molar-refractivity contribution in [2.24, 2.45) is 0 Å². The molecule has 0 saturated carbocycles. The molecule has 0 atom stereocenters. The van der Waals surface area contributed by atoms with E-state index in [1.165, 1.54) is 11.8 Å². The van der Waals surface area contributed by atoms with Crippen molar-refractivity contribution in [1.29, 1.82) is 0 Å². The molecule has 6 heteroatoms. The van der Waals surface area contributed by atoms with Gasteiger partial charge in [-0.15, -0.1) is 10.2 Å². The van der Waals surface area contributed by atoms with Gasteiger partial charge in [-0.05, 0) is 17.7 Å².